The molecule has 8 heteroatoms. The number of carbonyl (C=O) groups is 1. The summed E-state index contributed by atoms with van der Waals surface area (Å²) in [5.74, 6) is 0.600. The second kappa shape index (κ2) is 8.21. The molecule has 0 atom stereocenters. The third kappa shape index (κ3) is 4.15. The van der Waals surface area contributed by atoms with Crippen LogP contribution in [0.25, 0.3) is 11.4 Å². The standard InChI is InChI=1S/C18H14Cl2N2O4/c1-2-24-15-6-4-3-5-12(15)17-21-16(26-22-17)10-25-18(23)11-7-8-13(19)14(20)9-11/h3-9H,2,10H2,1H3. The van der Waals surface area contributed by atoms with Crippen LogP contribution in [0, 0.1) is 0 Å². The van der Waals surface area contributed by atoms with Crippen LogP contribution < -0.4 is 4.74 Å². The summed E-state index contributed by atoms with van der Waals surface area (Å²) in [5.41, 5.74) is 0.973. The van der Waals surface area contributed by atoms with Crippen LogP contribution in [0.15, 0.2) is 47.0 Å². The van der Waals surface area contributed by atoms with E-state index in [0.29, 0.717) is 28.8 Å². The van der Waals surface area contributed by atoms with E-state index < -0.39 is 5.97 Å². The summed E-state index contributed by atoms with van der Waals surface area (Å²) in [7, 11) is 0. The van der Waals surface area contributed by atoms with E-state index in [2.05, 4.69) is 10.1 Å². The molecule has 0 amide bonds. The molecule has 0 saturated carbocycles. The average molecular weight is 393 g/mol. The largest absolute Gasteiger partial charge is 0.493 e. The van der Waals surface area contributed by atoms with Crippen molar-refractivity contribution in [2.75, 3.05) is 6.61 Å². The fraction of sp³-hybridized carbons (Fsp3) is 0.167. The molecule has 1 heterocycles. The Kier molecular flexibility index (Phi) is 5.75. The highest BCUT2D eigenvalue weighted by Gasteiger charge is 2.15. The van der Waals surface area contributed by atoms with Gasteiger partial charge in [0, 0.05) is 0 Å². The summed E-state index contributed by atoms with van der Waals surface area (Å²) in [4.78, 5) is 16.3. The fourth-order valence-corrected chi connectivity index (χ4v) is 2.49. The maximum absolute atomic E-state index is 12.1. The molecule has 0 saturated heterocycles. The van der Waals surface area contributed by atoms with Crippen LogP contribution >= 0.6 is 23.2 Å². The molecular formula is C18H14Cl2N2O4. The first-order valence-electron chi connectivity index (χ1n) is 7.75. The quantitative estimate of drug-likeness (QED) is 0.560. The van der Waals surface area contributed by atoms with Gasteiger partial charge in [-0.2, -0.15) is 4.98 Å². The molecule has 134 valence electrons. The normalized spacial score (nSPS) is 10.6. The van der Waals surface area contributed by atoms with E-state index in [9.17, 15) is 4.79 Å². The summed E-state index contributed by atoms with van der Waals surface area (Å²) < 4.78 is 15.9. The molecule has 0 aliphatic heterocycles. The number of benzene rings is 2. The molecule has 0 aliphatic carbocycles. The van der Waals surface area contributed by atoms with Crippen LogP contribution in [-0.2, 0) is 11.3 Å². The molecule has 26 heavy (non-hydrogen) atoms. The van der Waals surface area contributed by atoms with Crippen molar-refractivity contribution < 1.29 is 18.8 Å². The second-order valence-corrected chi connectivity index (χ2v) is 5.96. The number of ether oxygens (including phenoxy) is 2. The van der Waals surface area contributed by atoms with Crippen molar-refractivity contribution in [3.8, 4) is 17.1 Å². The molecule has 0 aliphatic rings. The Hall–Kier alpha value is -2.57. The van der Waals surface area contributed by atoms with E-state index in [1.807, 2.05) is 31.2 Å². The highest BCUT2D eigenvalue weighted by Crippen LogP contribution is 2.27. The van der Waals surface area contributed by atoms with Gasteiger partial charge >= 0.3 is 5.97 Å². The lowest BCUT2D eigenvalue weighted by Gasteiger charge is -2.06. The lowest BCUT2D eigenvalue weighted by molar-refractivity contribution is 0.0430. The minimum atomic E-state index is -0.571. The monoisotopic (exact) mass is 392 g/mol. The van der Waals surface area contributed by atoms with Crippen LogP contribution in [0.1, 0.15) is 23.2 Å². The smallest absolute Gasteiger partial charge is 0.338 e. The summed E-state index contributed by atoms with van der Waals surface area (Å²) in [6.07, 6.45) is 0. The second-order valence-electron chi connectivity index (χ2n) is 5.15. The number of aromatic nitrogens is 2. The first-order chi connectivity index (χ1) is 12.6. The summed E-state index contributed by atoms with van der Waals surface area (Å²) >= 11 is 11.7. The number of para-hydroxylation sites is 1. The highest BCUT2D eigenvalue weighted by atomic mass is 35.5. The first-order valence-corrected chi connectivity index (χ1v) is 8.51. The Labute approximate surface area is 159 Å². The fourth-order valence-electron chi connectivity index (χ4n) is 2.19. The Morgan fingerprint density at radius 1 is 1.15 bits per heavy atom. The number of rotatable bonds is 6. The van der Waals surface area contributed by atoms with Crippen LogP contribution in [0.5, 0.6) is 5.75 Å². The van der Waals surface area contributed by atoms with Gasteiger partial charge in [0.15, 0.2) is 6.61 Å². The van der Waals surface area contributed by atoms with Gasteiger partial charge in [-0.05, 0) is 37.3 Å². The van der Waals surface area contributed by atoms with Crippen molar-refractivity contribution in [2.24, 2.45) is 0 Å². The van der Waals surface area contributed by atoms with Gasteiger partial charge in [-0.1, -0.05) is 40.5 Å². The summed E-state index contributed by atoms with van der Waals surface area (Å²) in [5, 5.41) is 4.54. The van der Waals surface area contributed by atoms with E-state index in [1.165, 1.54) is 18.2 Å². The Morgan fingerprint density at radius 2 is 1.96 bits per heavy atom. The summed E-state index contributed by atoms with van der Waals surface area (Å²) in [6, 6.07) is 11.8. The number of esters is 1. The van der Waals surface area contributed by atoms with E-state index in [1.54, 1.807) is 0 Å². The van der Waals surface area contributed by atoms with Gasteiger partial charge in [0.05, 0.1) is 27.8 Å². The van der Waals surface area contributed by atoms with Crippen molar-refractivity contribution in [1.29, 1.82) is 0 Å². The van der Waals surface area contributed by atoms with Crippen molar-refractivity contribution >= 4 is 29.2 Å². The number of carbonyl (C=O) groups excluding carboxylic acids is 1. The zero-order valence-electron chi connectivity index (χ0n) is 13.7. The van der Waals surface area contributed by atoms with E-state index >= 15 is 0 Å². The average Bonchev–Trinajstić information content (AvgIpc) is 3.11. The number of halogens is 2. The molecule has 3 aromatic rings. The number of nitrogens with zero attached hydrogens (tertiary/aromatic N) is 2. The first kappa shape index (κ1) is 18.2. The van der Waals surface area contributed by atoms with Gasteiger partial charge in [-0.25, -0.2) is 4.79 Å². The van der Waals surface area contributed by atoms with E-state index in [0.717, 1.165) is 0 Å². The SMILES string of the molecule is CCOc1ccccc1-c1noc(COC(=O)c2ccc(Cl)c(Cl)c2)n1. The zero-order chi connectivity index (χ0) is 18.5. The van der Waals surface area contributed by atoms with E-state index in [-0.39, 0.29) is 23.1 Å². The van der Waals surface area contributed by atoms with Crippen LogP contribution in [0.4, 0.5) is 0 Å². The van der Waals surface area contributed by atoms with Crippen molar-refractivity contribution in [1.82, 2.24) is 10.1 Å². The topological polar surface area (TPSA) is 74.5 Å². The number of hydrogen-bond acceptors (Lipinski definition) is 6. The van der Waals surface area contributed by atoms with Gasteiger partial charge < -0.3 is 14.0 Å². The van der Waals surface area contributed by atoms with Gasteiger partial charge in [0.2, 0.25) is 5.82 Å². The molecule has 0 bridgehead atoms. The minimum Gasteiger partial charge on any atom is -0.493 e. The highest BCUT2D eigenvalue weighted by molar-refractivity contribution is 6.42. The minimum absolute atomic E-state index is 0.164. The van der Waals surface area contributed by atoms with Gasteiger partial charge in [0.25, 0.3) is 5.89 Å². The van der Waals surface area contributed by atoms with Crippen LogP contribution in [0.2, 0.25) is 10.0 Å². The van der Waals surface area contributed by atoms with Gasteiger partial charge in [-0.15, -0.1) is 0 Å². The molecule has 1 aromatic heterocycles. The molecular weight excluding hydrogens is 379 g/mol. The van der Waals surface area contributed by atoms with Crippen molar-refractivity contribution in [2.45, 2.75) is 13.5 Å². The lowest BCUT2D eigenvalue weighted by atomic mass is 10.2. The summed E-state index contributed by atoms with van der Waals surface area (Å²) in [6.45, 7) is 2.24. The maximum atomic E-state index is 12.1. The van der Waals surface area contributed by atoms with E-state index in [4.69, 9.17) is 37.2 Å². The molecule has 2 aromatic carbocycles. The van der Waals surface area contributed by atoms with Crippen LogP contribution in [-0.4, -0.2) is 22.7 Å². The molecule has 0 N–H and O–H groups in total. The zero-order valence-corrected chi connectivity index (χ0v) is 15.3. The maximum Gasteiger partial charge on any atom is 0.338 e. The number of hydrogen-bond donors (Lipinski definition) is 0. The van der Waals surface area contributed by atoms with Gasteiger partial charge in [-0.3, -0.25) is 0 Å². The molecule has 0 fully saturated rings. The molecule has 3 rings (SSSR count). The van der Waals surface area contributed by atoms with Crippen LogP contribution in [0.3, 0.4) is 0 Å². The molecule has 0 radical (unpaired) electrons. The molecule has 6 nitrogen and oxygen atoms in total. The Morgan fingerprint density at radius 3 is 2.73 bits per heavy atom. The third-order valence-corrected chi connectivity index (χ3v) is 4.12. The van der Waals surface area contributed by atoms with Crippen molar-refractivity contribution in [3.05, 3.63) is 64.0 Å². The van der Waals surface area contributed by atoms with Gasteiger partial charge in [0.1, 0.15) is 5.75 Å². The predicted molar refractivity (Wildman–Crippen MR) is 96.5 cm³/mol. The third-order valence-electron chi connectivity index (χ3n) is 3.38. The predicted octanol–water partition coefficient (Wildman–Crippen LogP) is 4.80. The Balaban J connectivity index is 1.69. The molecule has 0 unspecified atom stereocenters. The molecule has 0 spiro atoms. The lowest BCUT2D eigenvalue weighted by Crippen LogP contribution is -2.05. The Bertz CT molecular complexity index is 927. The van der Waals surface area contributed by atoms with Crippen molar-refractivity contribution in [3.63, 3.8) is 0 Å².